The molecule has 0 spiro atoms. The van der Waals surface area contributed by atoms with Gasteiger partial charge in [-0.2, -0.15) is 0 Å². The van der Waals surface area contributed by atoms with Gasteiger partial charge in [0.15, 0.2) is 5.16 Å². The number of nitrogens with one attached hydrogen (secondary N) is 1. The Hall–Kier alpha value is -1.46. The van der Waals surface area contributed by atoms with E-state index in [1.165, 1.54) is 11.3 Å². The molecule has 2 heterocycles. The Morgan fingerprint density at radius 2 is 2.11 bits per heavy atom. The van der Waals surface area contributed by atoms with Gasteiger partial charge in [0.2, 0.25) is 0 Å². The lowest BCUT2D eigenvalue weighted by Crippen LogP contribution is -2.36. The van der Waals surface area contributed by atoms with Gasteiger partial charge < -0.3 is 14.6 Å². The smallest absolute Gasteiger partial charge is 0.165 e. The first kappa shape index (κ1) is 12.6. The molecule has 0 saturated carbocycles. The zero-order valence-corrected chi connectivity index (χ0v) is 11.5. The molecule has 1 saturated heterocycles. The molecule has 3 rings (SSSR count). The van der Waals surface area contributed by atoms with Crippen LogP contribution in [0.25, 0.3) is 0 Å². The highest BCUT2D eigenvalue weighted by Gasteiger charge is 2.14. The van der Waals surface area contributed by atoms with Gasteiger partial charge in [-0.1, -0.05) is 30.0 Å². The van der Waals surface area contributed by atoms with E-state index in [-0.39, 0.29) is 0 Å². The number of H-pyrrole nitrogens is 1. The second kappa shape index (κ2) is 6.12. The van der Waals surface area contributed by atoms with Crippen LogP contribution in [0.2, 0.25) is 0 Å². The Morgan fingerprint density at radius 3 is 2.89 bits per heavy atom. The minimum Gasteiger partial charge on any atom is -0.378 e. The first-order chi connectivity index (χ1) is 9.43. The molecular formula is C14H17N3OS. The predicted octanol–water partition coefficient (Wildman–Crippen LogP) is 2.54. The van der Waals surface area contributed by atoms with Crippen LogP contribution in [-0.4, -0.2) is 36.3 Å². The lowest BCUT2D eigenvalue weighted by atomic mass is 10.1. The summed E-state index contributed by atoms with van der Waals surface area (Å²) in [5.74, 6) is 0.932. The van der Waals surface area contributed by atoms with Crippen LogP contribution in [0.1, 0.15) is 5.56 Å². The molecule has 1 aromatic carbocycles. The molecule has 0 aliphatic carbocycles. The summed E-state index contributed by atoms with van der Waals surface area (Å²) in [6, 6.07) is 8.60. The van der Waals surface area contributed by atoms with E-state index in [9.17, 15) is 0 Å². The van der Waals surface area contributed by atoms with Crippen molar-refractivity contribution in [3.8, 4) is 0 Å². The molecule has 0 radical (unpaired) electrons. The molecule has 0 atom stereocenters. The van der Waals surface area contributed by atoms with Gasteiger partial charge in [0.05, 0.1) is 13.2 Å². The Bertz CT molecular complexity index is 509. The summed E-state index contributed by atoms with van der Waals surface area (Å²) < 4.78 is 5.42. The molecule has 100 valence electrons. The normalized spacial score (nSPS) is 15.7. The molecule has 1 fully saturated rings. The van der Waals surface area contributed by atoms with Crippen molar-refractivity contribution in [3.63, 3.8) is 0 Å². The number of nitrogens with zero attached hydrogens (tertiary/aromatic N) is 2. The van der Waals surface area contributed by atoms with E-state index in [0.29, 0.717) is 0 Å². The van der Waals surface area contributed by atoms with Crippen molar-refractivity contribution in [2.75, 3.05) is 31.2 Å². The van der Waals surface area contributed by atoms with E-state index in [0.717, 1.165) is 37.2 Å². The standard InChI is InChI=1S/C14H17N3OS/c1-2-4-13(17-7-9-18-10-8-17)12(3-1)11-19-14-15-5-6-16-14/h1-6H,7-11H2,(H,15,16). The third-order valence-electron chi connectivity index (χ3n) is 3.18. The number of hydrogen-bond acceptors (Lipinski definition) is 4. The van der Waals surface area contributed by atoms with Gasteiger partial charge in [-0.05, 0) is 11.6 Å². The molecule has 0 unspecified atom stereocenters. The highest BCUT2D eigenvalue weighted by atomic mass is 32.2. The second-order valence-corrected chi connectivity index (χ2v) is 5.38. The van der Waals surface area contributed by atoms with E-state index in [4.69, 9.17) is 4.74 Å². The zero-order chi connectivity index (χ0) is 12.9. The maximum Gasteiger partial charge on any atom is 0.165 e. The van der Waals surface area contributed by atoms with Gasteiger partial charge in [-0.3, -0.25) is 0 Å². The quantitative estimate of drug-likeness (QED) is 0.871. The summed E-state index contributed by atoms with van der Waals surface area (Å²) in [6.07, 6.45) is 3.65. The number of hydrogen-bond donors (Lipinski definition) is 1. The number of thioether (sulfide) groups is 1. The lowest BCUT2D eigenvalue weighted by Gasteiger charge is -2.30. The van der Waals surface area contributed by atoms with Gasteiger partial charge in [0, 0.05) is 36.9 Å². The Kier molecular flexibility index (Phi) is 4.05. The number of morpholine rings is 1. The highest BCUT2D eigenvalue weighted by Crippen LogP contribution is 2.27. The number of anilines is 1. The van der Waals surface area contributed by atoms with Crippen LogP contribution in [0.15, 0.2) is 41.8 Å². The van der Waals surface area contributed by atoms with Crippen molar-refractivity contribution in [3.05, 3.63) is 42.2 Å². The van der Waals surface area contributed by atoms with E-state index >= 15 is 0 Å². The Labute approximate surface area is 117 Å². The van der Waals surface area contributed by atoms with Crippen LogP contribution in [-0.2, 0) is 10.5 Å². The third kappa shape index (κ3) is 3.11. The molecule has 4 nitrogen and oxygen atoms in total. The maximum absolute atomic E-state index is 5.42. The summed E-state index contributed by atoms with van der Waals surface area (Å²) in [5, 5.41) is 0.969. The summed E-state index contributed by atoms with van der Waals surface area (Å²) >= 11 is 1.73. The van der Waals surface area contributed by atoms with Crippen LogP contribution in [0.4, 0.5) is 5.69 Å². The summed E-state index contributed by atoms with van der Waals surface area (Å²) in [7, 11) is 0. The van der Waals surface area contributed by atoms with Gasteiger partial charge in [0.25, 0.3) is 0 Å². The molecule has 19 heavy (non-hydrogen) atoms. The molecule has 1 aromatic heterocycles. The van der Waals surface area contributed by atoms with E-state index < -0.39 is 0 Å². The molecule has 1 aliphatic heterocycles. The van der Waals surface area contributed by atoms with Crippen molar-refractivity contribution in [1.82, 2.24) is 9.97 Å². The Morgan fingerprint density at radius 1 is 1.26 bits per heavy atom. The van der Waals surface area contributed by atoms with E-state index in [1.54, 1.807) is 18.0 Å². The Balaban J connectivity index is 1.73. The molecule has 0 amide bonds. The number of benzene rings is 1. The van der Waals surface area contributed by atoms with Gasteiger partial charge in [-0.15, -0.1) is 0 Å². The molecule has 1 N–H and O–H groups in total. The fraction of sp³-hybridized carbons (Fsp3) is 0.357. The summed E-state index contributed by atoms with van der Waals surface area (Å²) in [4.78, 5) is 9.78. The maximum atomic E-state index is 5.42. The average Bonchev–Trinajstić information content (AvgIpc) is 3.00. The monoisotopic (exact) mass is 275 g/mol. The lowest BCUT2D eigenvalue weighted by molar-refractivity contribution is 0.122. The number of para-hydroxylation sites is 1. The SMILES string of the molecule is c1ccc(N2CCOCC2)c(CSc2ncc[nH]2)c1. The van der Waals surface area contributed by atoms with E-state index in [1.807, 2.05) is 6.20 Å². The second-order valence-electron chi connectivity index (χ2n) is 4.41. The number of aromatic amines is 1. The predicted molar refractivity (Wildman–Crippen MR) is 77.6 cm³/mol. The van der Waals surface area contributed by atoms with Crippen LogP contribution in [0, 0.1) is 0 Å². The van der Waals surface area contributed by atoms with Gasteiger partial charge in [0.1, 0.15) is 0 Å². The fourth-order valence-corrected chi connectivity index (χ4v) is 3.04. The average molecular weight is 275 g/mol. The number of aromatic nitrogens is 2. The largest absolute Gasteiger partial charge is 0.378 e. The molecular weight excluding hydrogens is 258 g/mol. The topological polar surface area (TPSA) is 41.1 Å². The van der Waals surface area contributed by atoms with Crippen LogP contribution >= 0.6 is 11.8 Å². The molecule has 2 aromatic rings. The minimum atomic E-state index is 0.819. The van der Waals surface area contributed by atoms with Crippen molar-refractivity contribution in [2.45, 2.75) is 10.9 Å². The first-order valence-corrected chi connectivity index (χ1v) is 7.45. The summed E-state index contributed by atoms with van der Waals surface area (Å²) in [5.41, 5.74) is 2.68. The minimum absolute atomic E-state index is 0.819. The number of imidazole rings is 1. The molecule has 1 aliphatic rings. The summed E-state index contributed by atoms with van der Waals surface area (Å²) in [6.45, 7) is 3.59. The first-order valence-electron chi connectivity index (χ1n) is 6.46. The third-order valence-corrected chi connectivity index (χ3v) is 4.13. The van der Waals surface area contributed by atoms with Crippen LogP contribution in [0.3, 0.4) is 0 Å². The van der Waals surface area contributed by atoms with E-state index in [2.05, 4.69) is 39.1 Å². The zero-order valence-electron chi connectivity index (χ0n) is 10.7. The molecule has 0 bridgehead atoms. The van der Waals surface area contributed by atoms with Crippen molar-refractivity contribution in [1.29, 1.82) is 0 Å². The number of rotatable bonds is 4. The van der Waals surface area contributed by atoms with Gasteiger partial charge >= 0.3 is 0 Å². The highest BCUT2D eigenvalue weighted by molar-refractivity contribution is 7.98. The van der Waals surface area contributed by atoms with Crippen molar-refractivity contribution >= 4 is 17.4 Å². The fourth-order valence-electron chi connectivity index (χ4n) is 2.22. The van der Waals surface area contributed by atoms with Crippen LogP contribution in [0.5, 0.6) is 0 Å². The molecule has 5 heteroatoms. The van der Waals surface area contributed by atoms with Crippen molar-refractivity contribution < 1.29 is 4.74 Å². The number of ether oxygens (including phenoxy) is 1. The van der Waals surface area contributed by atoms with Crippen LogP contribution < -0.4 is 4.90 Å². The van der Waals surface area contributed by atoms with Gasteiger partial charge in [-0.25, -0.2) is 4.98 Å². The van der Waals surface area contributed by atoms with Crippen molar-refractivity contribution in [2.24, 2.45) is 0 Å².